The number of piperidine rings is 1. The second-order valence-corrected chi connectivity index (χ2v) is 9.18. The van der Waals surface area contributed by atoms with Crippen LogP contribution < -0.4 is 0 Å². The molecule has 0 aliphatic carbocycles. The zero-order valence-electron chi connectivity index (χ0n) is 14.4. The molecule has 7 nitrogen and oxygen atoms in total. The minimum Gasteiger partial charge on any atom is -0.463 e. The van der Waals surface area contributed by atoms with Gasteiger partial charge < -0.3 is 9.32 Å². The van der Waals surface area contributed by atoms with Crippen molar-refractivity contribution in [1.29, 1.82) is 0 Å². The first-order valence-corrected chi connectivity index (χ1v) is 10.2. The van der Waals surface area contributed by atoms with E-state index in [-0.39, 0.29) is 22.8 Å². The predicted molar refractivity (Wildman–Crippen MR) is 93.8 cm³/mol. The average molecular weight is 365 g/mol. The van der Waals surface area contributed by atoms with Crippen molar-refractivity contribution < 1.29 is 17.6 Å². The molecule has 2 aromatic heterocycles. The maximum atomic E-state index is 12.6. The van der Waals surface area contributed by atoms with Crippen molar-refractivity contribution in [2.75, 3.05) is 18.8 Å². The van der Waals surface area contributed by atoms with Gasteiger partial charge in [0.05, 0.1) is 17.3 Å². The molecule has 2 aromatic rings. The van der Waals surface area contributed by atoms with Crippen LogP contribution in [0.15, 0.2) is 28.9 Å². The van der Waals surface area contributed by atoms with Crippen LogP contribution in [0.2, 0.25) is 0 Å². The first-order chi connectivity index (χ1) is 11.9. The minimum absolute atomic E-state index is 0.119. The number of likely N-dealkylation sites (tertiary alicyclic amines) is 1. The van der Waals surface area contributed by atoms with Crippen molar-refractivity contribution in [1.82, 2.24) is 15.1 Å². The summed E-state index contributed by atoms with van der Waals surface area (Å²) >= 11 is 0. The molecular formula is C17H23N3O4S. The Bertz CT molecular complexity index is 816. The normalized spacial score (nSPS) is 16.5. The Morgan fingerprint density at radius 2 is 2.12 bits per heavy atom. The largest absolute Gasteiger partial charge is 0.463 e. The fraction of sp³-hybridized carbons (Fsp3) is 0.529. The van der Waals surface area contributed by atoms with Crippen molar-refractivity contribution in [3.63, 3.8) is 0 Å². The van der Waals surface area contributed by atoms with Crippen LogP contribution in [0.25, 0.3) is 11.5 Å². The number of sulfone groups is 1. The van der Waals surface area contributed by atoms with E-state index in [0.717, 1.165) is 0 Å². The Hall–Kier alpha value is -2.09. The molecule has 1 amide bonds. The third-order valence-corrected chi connectivity index (χ3v) is 7.00. The van der Waals surface area contributed by atoms with Crippen LogP contribution in [0.5, 0.6) is 0 Å². The molecule has 1 saturated heterocycles. The van der Waals surface area contributed by atoms with E-state index in [0.29, 0.717) is 43.1 Å². The molecular weight excluding hydrogens is 342 g/mol. The second kappa shape index (κ2) is 7.03. The Morgan fingerprint density at radius 1 is 1.40 bits per heavy atom. The van der Waals surface area contributed by atoms with E-state index in [2.05, 4.69) is 10.2 Å². The molecule has 8 heteroatoms. The lowest BCUT2D eigenvalue weighted by molar-refractivity contribution is 0.0719. The molecule has 0 aromatic carbocycles. The molecule has 0 radical (unpaired) electrons. The SMILES string of the molecule is CC(C)CS(=O)(=O)C1CCN(C(=O)c2cc(-c3ccco3)[nH]n2)CC1. The molecule has 0 atom stereocenters. The summed E-state index contributed by atoms with van der Waals surface area (Å²) in [4.78, 5) is 14.3. The van der Waals surface area contributed by atoms with E-state index in [4.69, 9.17) is 4.42 Å². The summed E-state index contributed by atoms with van der Waals surface area (Å²) in [7, 11) is -3.09. The fourth-order valence-corrected chi connectivity index (χ4v) is 5.30. The van der Waals surface area contributed by atoms with Gasteiger partial charge in [-0.05, 0) is 30.9 Å². The molecule has 3 heterocycles. The lowest BCUT2D eigenvalue weighted by atomic mass is 10.1. The smallest absolute Gasteiger partial charge is 0.274 e. The quantitative estimate of drug-likeness (QED) is 0.877. The highest BCUT2D eigenvalue weighted by atomic mass is 32.2. The lowest BCUT2D eigenvalue weighted by Gasteiger charge is -2.31. The number of H-pyrrole nitrogens is 1. The van der Waals surface area contributed by atoms with Crippen molar-refractivity contribution in [3.05, 3.63) is 30.2 Å². The van der Waals surface area contributed by atoms with Gasteiger partial charge in [-0.15, -0.1) is 0 Å². The van der Waals surface area contributed by atoms with Gasteiger partial charge in [0.2, 0.25) is 0 Å². The van der Waals surface area contributed by atoms with Crippen molar-refractivity contribution in [2.45, 2.75) is 31.9 Å². The van der Waals surface area contributed by atoms with Crippen molar-refractivity contribution in [3.8, 4) is 11.5 Å². The highest BCUT2D eigenvalue weighted by Gasteiger charge is 2.32. The average Bonchev–Trinajstić information content (AvgIpc) is 3.24. The highest BCUT2D eigenvalue weighted by molar-refractivity contribution is 7.92. The van der Waals surface area contributed by atoms with Crippen LogP contribution in [0, 0.1) is 5.92 Å². The molecule has 0 spiro atoms. The minimum atomic E-state index is -3.09. The number of rotatable bonds is 5. The zero-order valence-corrected chi connectivity index (χ0v) is 15.3. The van der Waals surface area contributed by atoms with Crippen LogP contribution in [0.4, 0.5) is 0 Å². The first kappa shape index (κ1) is 17.7. The number of hydrogen-bond acceptors (Lipinski definition) is 5. The number of carbonyl (C=O) groups excluding carboxylic acids is 1. The number of furan rings is 1. The maximum Gasteiger partial charge on any atom is 0.274 e. The Labute approximate surface area is 147 Å². The summed E-state index contributed by atoms with van der Waals surface area (Å²) in [6.45, 7) is 4.68. The number of amides is 1. The standard InChI is InChI=1S/C17H23N3O4S/c1-12(2)11-25(22,23)13-5-7-20(8-6-13)17(21)15-10-14(18-19-15)16-4-3-9-24-16/h3-4,9-10,12-13H,5-8,11H2,1-2H3,(H,18,19). The maximum absolute atomic E-state index is 12.6. The van der Waals surface area contributed by atoms with Gasteiger partial charge >= 0.3 is 0 Å². The molecule has 25 heavy (non-hydrogen) atoms. The Morgan fingerprint density at radius 3 is 2.72 bits per heavy atom. The van der Waals surface area contributed by atoms with Gasteiger partial charge in [0.1, 0.15) is 5.69 Å². The van der Waals surface area contributed by atoms with Crippen LogP contribution in [0.1, 0.15) is 37.2 Å². The van der Waals surface area contributed by atoms with Crippen LogP contribution in [-0.2, 0) is 9.84 Å². The van der Waals surface area contributed by atoms with Gasteiger partial charge in [-0.25, -0.2) is 8.42 Å². The Kier molecular flexibility index (Phi) is 4.99. The molecule has 1 fully saturated rings. The number of nitrogens with one attached hydrogen (secondary N) is 1. The van der Waals surface area contributed by atoms with Gasteiger partial charge in [-0.1, -0.05) is 13.8 Å². The molecule has 0 saturated carbocycles. The van der Waals surface area contributed by atoms with Gasteiger partial charge in [0.25, 0.3) is 5.91 Å². The van der Waals surface area contributed by atoms with Gasteiger partial charge in [0, 0.05) is 19.2 Å². The Balaban J connectivity index is 1.62. The van der Waals surface area contributed by atoms with E-state index in [9.17, 15) is 13.2 Å². The predicted octanol–water partition coefficient (Wildman–Crippen LogP) is 2.35. The lowest BCUT2D eigenvalue weighted by Crippen LogP contribution is -2.43. The molecule has 0 unspecified atom stereocenters. The molecule has 1 aliphatic rings. The van der Waals surface area contributed by atoms with E-state index < -0.39 is 9.84 Å². The number of nitrogens with zero attached hydrogens (tertiary/aromatic N) is 2. The van der Waals surface area contributed by atoms with E-state index >= 15 is 0 Å². The van der Waals surface area contributed by atoms with Gasteiger partial charge in [-0.3, -0.25) is 9.89 Å². The number of aromatic amines is 1. The highest BCUT2D eigenvalue weighted by Crippen LogP contribution is 2.23. The van der Waals surface area contributed by atoms with E-state index in [1.807, 2.05) is 13.8 Å². The summed E-state index contributed by atoms with van der Waals surface area (Å²) in [6.07, 6.45) is 2.52. The summed E-state index contributed by atoms with van der Waals surface area (Å²) in [6, 6.07) is 5.20. The summed E-state index contributed by atoms with van der Waals surface area (Å²) in [5, 5.41) is 6.51. The zero-order chi connectivity index (χ0) is 18.0. The molecule has 136 valence electrons. The molecule has 0 bridgehead atoms. The summed E-state index contributed by atoms with van der Waals surface area (Å²) in [5.41, 5.74) is 0.956. The molecule has 1 aliphatic heterocycles. The molecule has 1 N–H and O–H groups in total. The van der Waals surface area contributed by atoms with Gasteiger partial charge in [0.15, 0.2) is 21.3 Å². The second-order valence-electron chi connectivity index (χ2n) is 6.86. The summed E-state index contributed by atoms with van der Waals surface area (Å²) < 4.78 is 30.0. The van der Waals surface area contributed by atoms with Crippen molar-refractivity contribution in [2.24, 2.45) is 5.92 Å². The first-order valence-electron chi connectivity index (χ1n) is 8.47. The number of carbonyl (C=O) groups is 1. The van der Waals surface area contributed by atoms with Gasteiger partial charge in [-0.2, -0.15) is 5.10 Å². The van der Waals surface area contributed by atoms with Crippen LogP contribution in [-0.4, -0.2) is 53.5 Å². The van der Waals surface area contributed by atoms with Crippen LogP contribution in [0.3, 0.4) is 0 Å². The third kappa shape index (κ3) is 3.95. The topological polar surface area (TPSA) is 96.3 Å². The number of hydrogen-bond donors (Lipinski definition) is 1. The molecule has 3 rings (SSSR count). The van der Waals surface area contributed by atoms with E-state index in [1.54, 1.807) is 29.4 Å². The summed E-state index contributed by atoms with van der Waals surface area (Å²) in [5.74, 6) is 0.754. The van der Waals surface area contributed by atoms with E-state index in [1.165, 1.54) is 0 Å². The fourth-order valence-electron chi connectivity index (χ4n) is 3.17. The van der Waals surface area contributed by atoms with Crippen molar-refractivity contribution >= 4 is 15.7 Å². The number of aromatic nitrogens is 2. The van der Waals surface area contributed by atoms with Crippen LogP contribution >= 0.6 is 0 Å². The third-order valence-electron chi connectivity index (χ3n) is 4.39. The monoisotopic (exact) mass is 365 g/mol.